The predicted molar refractivity (Wildman–Crippen MR) is 68.7 cm³/mol. The standard InChI is InChI=1S/C13H13F3N4/c14-13(15,16)9-1-3-11(4-2-9)19-7-10(17)8-20-12(19)5-6-18-20/h1-6,10H,7-8,17H2. The molecule has 1 atom stereocenters. The third-order valence-corrected chi connectivity index (χ3v) is 3.30. The van der Waals surface area contributed by atoms with Gasteiger partial charge in [-0.15, -0.1) is 0 Å². The molecule has 7 heteroatoms. The van der Waals surface area contributed by atoms with Gasteiger partial charge in [-0.05, 0) is 24.3 Å². The van der Waals surface area contributed by atoms with Gasteiger partial charge in [0.2, 0.25) is 0 Å². The van der Waals surface area contributed by atoms with E-state index in [2.05, 4.69) is 5.10 Å². The minimum absolute atomic E-state index is 0.107. The fraction of sp³-hybridized carbons (Fsp3) is 0.308. The largest absolute Gasteiger partial charge is 0.416 e. The van der Waals surface area contributed by atoms with E-state index in [1.807, 2.05) is 11.0 Å². The summed E-state index contributed by atoms with van der Waals surface area (Å²) in [7, 11) is 0. The third kappa shape index (κ3) is 2.24. The number of fused-ring (bicyclic) bond motifs is 1. The Morgan fingerprint density at radius 1 is 1.10 bits per heavy atom. The molecule has 1 aromatic carbocycles. The number of anilines is 2. The van der Waals surface area contributed by atoms with Crippen LogP contribution in [0.2, 0.25) is 0 Å². The summed E-state index contributed by atoms with van der Waals surface area (Å²) in [6.45, 7) is 1.16. The topological polar surface area (TPSA) is 47.1 Å². The van der Waals surface area contributed by atoms with Crippen molar-refractivity contribution in [1.29, 1.82) is 0 Å². The van der Waals surface area contributed by atoms with Crippen LogP contribution in [0.4, 0.5) is 24.7 Å². The van der Waals surface area contributed by atoms with Crippen molar-refractivity contribution in [3.8, 4) is 0 Å². The van der Waals surface area contributed by atoms with Crippen molar-refractivity contribution in [3.63, 3.8) is 0 Å². The Morgan fingerprint density at radius 3 is 2.45 bits per heavy atom. The molecular formula is C13H13F3N4. The van der Waals surface area contributed by atoms with Gasteiger partial charge in [-0.3, -0.25) is 0 Å². The molecule has 0 spiro atoms. The fourth-order valence-corrected chi connectivity index (χ4v) is 2.37. The van der Waals surface area contributed by atoms with Gasteiger partial charge in [0.25, 0.3) is 0 Å². The molecule has 4 nitrogen and oxygen atoms in total. The second-order valence-electron chi connectivity index (χ2n) is 4.79. The zero-order valence-corrected chi connectivity index (χ0v) is 10.5. The predicted octanol–water partition coefficient (Wildman–Crippen LogP) is 2.38. The number of nitrogens with zero attached hydrogens (tertiary/aromatic N) is 3. The van der Waals surface area contributed by atoms with E-state index in [9.17, 15) is 13.2 Å². The summed E-state index contributed by atoms with van der Waals surface area (Å²) < 4.78 is 39.5. The summed E-state index contributed by atoms with van der Waals surface area (Å²) in [5, 5.41) is 4.15. The molecule has 1 aliphatic heterocycles. The van der Waals surface area contributed by atoms with Gasteiger partial charge in [0.15, 0.2) is 0 Å². The van der Waals surface area contributed by atoms with Crippen molar-refractivity contribution >= 4 is 11.5 Å². The molecule has 3 rings (SSSR count). The van der Waals surface area contributed by atoms with Crippen molar-refractivity contribution < 1.29 is 13.2 Å². The molecule has 0 amide bonds. The highest BCUT2D eigenvalue weighted by Gasteiger charge is 2.30. The number of aromatic nitrogens is 2. The van der Waals surface area contributed by atoms with E-state index in [1.54, 1.807) is 10.9 Å². The minimum atomic E-state index is -4.32. The summed E-state index contributed by atoms with van der Waals surface area (Å²) in [4.78, 5) is 1.88. The van der Waals surface area contributed by atoms with Gasteiger partial charge in [0.05, 0.1) is 18.3 Å². The van der Waals surface area contributed by atoms with Crippen molar-refractivity contribution in [2.24, 2.45) is 5.73 Å². The zero-order chi connectivity index (χ0) is 14.3. The Bertz CT molecular complexity index is 603. The Kier molecular flexibility index (Phi) is 2.93. The minimum Gasteiger partial charge on any atom is -0.325 e. The maximum atomic E-state index is 12.6. The first-order valence-electron chi connectivity index (χ1n) is 6.17. The van der Waals surface area contributed by atoms with Gasteiger partial charge in [0.1, 0.15) is 5.82 Å². The lowest BCUT2D eigenvalue weighted by Gasteiger charge is -2.33. The molecule has 0 aliphatic carbocycles. The van der Waals surface area contributed by atoms with Gasteiger partial charge >= 0.3 is 6.18 Å². The van der Waals surface area contributed by atoms with E-state index < -0.39 is 11.7 Å². The zero-order valence-electron chi connectivity index (χ0n) is 10.5. The number of nitrogens with two attached hydrogens (primary N) is 1. The molecule has 0 saturated heterocycles. The number of hydrogen-bond donors (Lipinski definition) is 1. The van der Waals surface area contributed by atoms with Gasteiger partial charge < -0.3 is 10.6 Å². The van der Waals surface area contributed by atoms with Crippen LogP contribution in [-0.2, 0) is 12.7 Å². The first-order valence-corrected chi connectivity index (χ1v) is 6.17. The number of alkyl halides is 3. The molecule has 1 aromatic heterocycles. The molecule has 20 heavy (non-hydrogen) atoms. The number of halogens is 3. The van der Waals surface area contributed by atoms with Crippen molar-refractivity contribution in [2.75, 3.05) is 11.4 Å². The van der Waals surface area contributed by atoms with E-state index in [0.29, 0.717) is 18.8 Å². The van der Waals surface area contributed by atoms with Crippen LogP contribution in [-0.4, -0.2) is 22.4 Å². The van der Waals surface area contributed by atoms with Crippen LogP contribution in [0.3, 0.4) is 0 Å². The van der Waals surface area contributed by atoms with E-state index in [4.69, 9.17) is 5.73 Å². The monoisotopic (exact) mass is 282 g/mol. The molecule has 0 saturated carbocycles. The summed E-state index contributed by atoms with van der Waals surface area (Å²) in [5.74, 6) is 0.839. The van der Waals surface area contributed by atoms with Crippen LogP contribution in [0.25, 0.3) is 0 Å². The van der Waals surface area contributed by atoms with E-state index in [1.165, 1.54) is 12.1 Å². The van der Waals surface area contributed by atoms with Gasteiger partial charge in [-0.25, -0.2) is 4.68 Å². The molecule has 2 heterocycles. The lowest BCUT2D eigenvalue weighted by molar-refractivity contribution is -0.137. The maximum absolute atomic E-state index is 12.6. The summed E-state index contributed by atoms with van der Waals surface area (Å²) in [6.07, 6.45) is -2.66. The number of hydrogen-bond acceptors (Lipinski definition) is 3. The fourth-order valence-electron chi connectivity index (χ4n) is 2.37. The summed E-state index contributed by atoms with van der Waals surface area (Å²) in [6, 6.07) is 6.79. The Hall–Kier alpha value is -2.02. The third-order valence-electron chi connectivity index (χ3n) is 3.30. The lowest BCUT2D eigenvalue weighted by atomic mass is 10.1. The van der Waals surface area contributed by atoms with Gasteiger partial charge in [-0.1, -0.05) is 0 Å². The number of benzene rings is 1. The average molecular weight is 282 g/mol. The highest BCUT2D eigenvalue weighted by molar-refractivity contribution is 5.61. The second kappa shape index (κ2) is 4.52. The van der Waals surface area contributed by atoms with Crippen LogP contribution in [0, 0.1) is 0 Å². The van der Waals surface area contributed by atoms with E-state index >= 15 is 0 Å². The highest BCUT2D eigenvalue weighted by atomic mass is 19.4. The van der Waals surface area contributed by atoms with Crippen LogP contribution in [0.1, 0.15) is 5.56 Å². The average Bonchev–Trinajstić information content (AvgIpc) is 2.85. The lowest BCUT2D eigenvalue weighted by Crippen LogP contribution is -2.43. The van der Waals surface area contributed by atoms with Gasteiger partial charge in [-0.2, -0.15) is 18.3 Å². The molecule has 1 aliphatic rings. The normalized spacial score (nSPS) is 19.0. The van der Waals surface area contributed by atoms with E-state index in [-0.39, 0.29) is 6.04 Å². The first kappa shape index (κ1) is 13.0. The molecule has 0 radical (unpaired) electrons. The van der Waals surface area contributed by atoms with Crippen LogP contribution >= 0.6 is 0 Å². The van der Waals surface area contributed by atoms with E-state index in [0.717, 1.165) is 18.0 Å². The summed E-state index contributed by atoms with van der Waals surface area (Å²) >= 11 is 0. The smallest absolute Gasteiger partial charge is 0.325 e. The summed E-state index contributed by atoms with van der Waals surface area (Å²) in [5.41, 5.74) is 5.97. The van der Waals surface area contributed by atoms with Crippen molar-refractivity contribution in [2.45, 2.75) is 18.8 Å². The van der Waals surface area contributed by atoms with Crippen LogP contribution in [0.15, 0.2) is 36.5 Å². The van der Waals surface area contributed by atoms with Crippen molar-refractivity contribution in [1.82, 2.24) is 9.78 Å². The Labute approximate surface area is 113 Å². The molecule has 0 fully saturated rings. The van der Waals surface area contributed by atoms with Crippen molar-refractivity contribution in [3.05, 3.63) is 42.1 Å². The van der Waals surface area contributed by atoms with Crippen LogP contribution in [0.5, 0.6) is 0 Å². The first-order chi connectivity index (χ1) is 9.45. The Balaban J connectivity index is 1.94. The van der Waals surface area contributed by atoms with Gasteiger partial charge in [0, 0.05) is 24.3 Å². The number of rotatable bonds is 1. The molecule has 2 aromatic rings. The SMILES string of the molecule is NC1CN(c2ccc(C(F)(F)F)cc2)c2ccnn2C1. The molecule has 0 bridgehead atoms. The molecule has 106 valence electrons. The molecular weight excluding hydrogens is 269 g/mol. The second-order valence-corrected chi connectivity index (χ2v) is 4.79. The Morgan fingerprint density at radius 2 is 1.80 bits per heavy atom. The maximum Gasteiger partial charge on any atom is 0.416 e. The molecule has 1 unspecified atom stereocenters. The molecule has 2 N–H and O–H groups in total. The quantitative estimate of drug-likeness (QED) is 0.873. The van der Waals surface area contributed by atoms with Crippen LogP contribution < -0.4 is 10.6 Å². The highest BCUT2D eigenvalue weighted by Crippen LogP contribution is 2.33.